The molecule has 0 aromatic heterocycles. The molecule has 0 spiro atoms. The van der Waals surface area contributed by atoms with E-state index in [-0.39, 0.29) is 39.9 Å². The van der Waals surface area contributed by atoms with Gasteiger partial charge in [0, 0.05) is 39.9 Å². The van der Waals surface area contributed by atoms with Gasteiger partial charge in [0.1, 0.15) is 0 Å². The molecule has 0 atom stereocenters. The first-order valence-corrected chi connectivity index (χ1v) is 2.97. The van der Waals surface area contributed by atoms with Gasteiger partial charge in [0.15, 0.2) is 0 Å². The normalized spacial score (nSPS) is 2.00. The van der Waals surface area contributed by atoms with Gasteiger partial charge in [-0.1, -0.05) is 0 Å². The summed E-state index contributed by atoms with van der Waals surface area (Å²) in [6.45, 7) is 0. The van der Waals surface area contributed by atoms with E-state index >= 15 is 0 Å². The minimum absolute atomic E-state index is 0. The summed E-state index contributed by atoms with van der Waals surface area (Å²) in [5.41, 5.74) is 0. The van der Waals surface area contributed by atoms with Crippen molar-refractivity contribution in [2.75, 3.05) is 0 Å². The van der Waals surface area contributed by atoms with Crippen molar-refractivity contribution in [3.8, 4) is 0 Å². The molecule has 2 nitrogen and oxygen atoms in total. The quantitative estimate of drug-likeness (QED) is 0.615. The van der Waals surface area contributed by atoms with Gasteiger partial charge in [0.05, 0.1) is 0 Å². The average Bonchev–Trinajstić information content (AvgIpc) is 0.918. The first-order chi connectivity index (χ1) is 1.41. The molecule has 4 heteroatoms. The van der Waals surface area contributed by atoms with Crippen LogP contribution in [0.2, 0.25) is 0 Å². The van der Waals surface area contributed by atoms with Gasteiger partial charge >= 0.3 is 39.7 Å². The molecule has 0 aliphatic carbocycles. The van der Waals surface area contributed by atoms with Crippen molar-refractivity contribution in [1.82, 2.24) is 0 Å². The topological polar surface area (TPSA) is 34.1 Å². The summed E-state index contributed by atoms with van der Waals surface area (Å²) in [7, 11) is 0. The van der Waals surface area contributed by atoms with Gasteiger partial charge < -0.3 is 0 Å². The van der Waals surface area contributed by atoms with Crippen molar-refractivity contribution in [3.05, 3.63) is 0 Å². The van der Waals surface area contributed by atoms with E-state index in [1.165, 1.54) is 0 Å². The van der Waals surface area contributed by atoms with E-state index in [1.54, 1.807) is 0 Å². The molecule has 0 aromatic rings. The summed E-state index contributed by atoms with van der Waals surface area (Å²) in [6, 6.07) is 0. The molecule has 0 aliphatic heterocycles. The van der Waals surface area contributed by atoms with Gasteiger partial charge in [-0.2, -0.15) is 0 Å². The van der Waals surface area contributed by atoms with E-state index in [9.17, 15) is 0 Å². The summed E-state index contributed by atoms with van der Waals surface area (Å²) in [5, 5.41) is 0. The molecule has 0 rings (SSSR count). The zero-order valence-electron chi connectivity index (χ0n) is 1.67. The number of hydrogen-bond acceptors (Lipinski definition) is 2. The van der Waals surface area contributed by atoms with E-state index in [0.29, 0.717) is 0 Å². The van der Waals surface area contributed by atoms with Crippen molar-refractivity contribution in [1.29, 1.82) is 0 Å². The zero-order chi connectivity index (χ0) is 2.71. The van der Waals surface area contributed by atoms with Gasteiger partial charge in [-0.05, 0) is 0 Å². The van der Waals surface area contributed by atoms with Gasteiger partial charge in [-0.15, -0.1) is 0 Å². The maximum atomic E-state index is 8.57. The average molecular weight is 329 g/mol. The first kappa shape index (κ1) is 9.57. The standard InChI is InChI=1S/Ce.Gd.2O. The summed E-state index contributed by atoms with van der Waals surface area (Å²) >= 11 is -2.42. The second-order valence-electron chi connectivity index (χ2n) is 0.0833. The first-order valence-electron chi connectivity index (χ1n) is 0.408. The van der Waals surface area contributed by atoms with E-state index in [0.717, 1.165) is 0 Å². The Labute approximate surface area is 77.4 Å². The van der Waals surface area contributed by atoms with Crippen molar-refractivity contribution in [3.63, 3.8) is 0 Å². The van der Waals surface area contributed by atoms with E-state index in [1.807, 2.05) is 0 Å². The van der Waals surface area contributed by atoms with Crippen LogP contribution >= 0.6 is 0 Å². The zero-order valence-corrected chi connectivity index (χ0v) is 7.08. The predicted molar refractivity (Wildman–Crippen MR) is 1.37 cm³/mol. The molecule has 0 aliphatic rings. The number of rotatable bonds is 0. The molecule has 0 saturated heterocycles. The van der Waals surface area contributed by atoms with Crippen molar-refractivity contribution >= 4 is 0 Å². The minimum atomic E-state index is -2.42. The fraction of sp³-hybridized carbons (Fsp3) is 0. The summed E-state index contributed by atoms with van der Waals surface area (Å²) in [4.78, 5) is 0. The molecule has 0 N–H and O–H groups in total. The fourth-order valence-corrected chi connectivity index (χ4v) is 0. The molecule has 24 valence electrons. The Morgan fingerprint density at radius 3 is 1.25 bits per heavy atom. The maximum absolute atomic E-state index is 8.57. The Balaban J connectivity index is 0. The predicted octanol–water partition coefficient (Wildman–Crippen LogP) is -0.238. The monoisotopic (exact) mass is 330 g/mol. The second kappa shape index (κ2) is 9.00. The van der Waals surface area contributed by atoms with E-state index in [4.69, 9.17) is 1.88 Å². The van der Waals surface area contributed by atoms with Gasteiger partial charge in [-0.25, -0.2) is 0 Å². The van der Waals surface area contributed by atoms with Gasteiger partial charge in [-0.3, -0.25) is 0 Å². The third-order valence-electron chi connectivity index (χ3n) is 0. The third kappa shape index (κ3) is 8.85. The van der Waals surface area contributed by atoms with Crippen LogP contribution in [0, 0.1) is 77.7 Å². The second-order valence-corrected chi connectivity index (χ2v) is 0.607. The van der Waals surface area contributed by atoms with Crippen LogP contribution in [0.4, 0.5) is 0 Å². The van der Waals surface area contributed by atoms with E-state index in [2.05, 4.69) is 0 Å². The third-order valence-corrected chi connectivity index (χ3v) is 0. The van der Waals surface area contributed by atoms with Crippen LogP contribution in [0.25, 0.3) is 0 Å². The molecule has 0 heterocycles. The molecular formula is CeGdO2. The molecule has 0 amide bonds. The van der Waals surface area contributed by atoms with Crippen LogP contribution in [0.3, 0.4) is 0 Å². The molecule has 0 fully saturated rings. The van der Waals surface area contributed by atoms with Crippen LogP contribution in [0.15, 0.2) is 0 Å². The van der Waals surface area contributed by atoms with Crippen LogP contribution in [0.5, 0.6) is 0 Å². The van der Waals surface area contributed by atoms with Crippen LogP contribution in [-0.2, 0) is 1.88 Å². The Kier molecular flexibility index (Phi) is 21.5. The van der Waals surface area contributed by atoms with Crippen LogP contribution in [-0.4, -0.2) is 0 Å². The Bertz CT molecular complexity index is 27.0. The van der Waals surface area contributed by atoms with Crippen LogP contribution in [0.1, 0.15) is 0 Å². The Morgan fingerprint density at radius 1 is 1.25 bits per heavy atom. The van der Waals surface area contributed by atoms with Crippen LogP contribution < -0.4 is 0 Å². The molecule has 0 unspecified atom stereocenters. The Hall–Kier alpha value is 2.30. The SMILES string of the molecule is [Gd].[O]=[Ce]=[O]. The molecule has 0 bridgehead atoms. The van der Waals surface area contributed by atoms with Crippen molar-refractivity contribution in [2.45, 2.75) is 0 Å². The van der Waals surface area contributed by atoms with Crippen molar-refractivity contribution in [2.24, 2.45) is 0 Å². The van der Waals surface area contributed by atoms with Gasteiger partial charge in [0.25, 0.3) is 0 Å². The molecule has 0 radical (unpaired) electrons. The summed E-state index contributed by atoms with van der Waals surface area (Å²) in [5.74, 6) is 0. The molecule has 0 aromatic carbocycles. The van der Waals surface area contributed by atoms with E-state index < -0.39 is 37.8 Å². The van der Waals surface area contributed by atoms with Gasteiger partial charge in [0.2, 0.25) is 0 Å². The fourth-order valence-electron chi connectivity index (χ4n) is 0. The number of hydrogen-bond donors (Lipinski definition) is 0. The molecule has 4 heavy (non-hydrogen) atoms. The van der Waals surface area contributed by atoms with Crippen molar-refractivity contribution < 1.29 is 79.6 Å². The summed E-state index contributed by atoms with van der Waals surface area (Å²) in [6.07, 6.45) is 0. The summed E-state index contributed by atoms with van der Waals surface area (Å²) < 4.78 is 17.1. The Morgan fingerprint density at radius 2 is 1.25 bits per heavy atom. The molecular weight excluding hydrogens is 329 g/mol. The molecule has 0 saturated carbocycles.